The third kappa shape index (κ3) is 27.2. The number of rotatable bonds is 8. The number of aryl methyl sites for hydroxylation is 1. The zero-order valence-corrected chi connectivity index (χ0v) is 26.1. The highest BCUT2D eigenvalue weighted by Crippen LogP contribution is 2.22. The van der Waals surface area contributed by atoms with E-state index in [1.807, 2.05) is 37.7 Å². The van der Waals surface area contributed by atoms with Crippen LogP contribution in [0.4, 0.5) is 0 Å². The summed E-state index contributed by atoms with van der Waals surface area (Å²) in [5.41, 5.74) is 4.01. The molecule has 2 aromatic rings. The van der Waals surface area contributed by atoms with Gasteiger partial charge in [0, 0.05) is 28.0 Å². The molecule has 0 aliphatic carbocycles. The molecule has 0 spiro atoms. The van der Waals surface area contributed by atoms with Crippen LogP contribution in [0.5, 0.6) is 0 Å². The number of nitrogens with one attached hydrogen (secondary N) is 2. The Labute approximate surface area is 243 Å². The minimum atomic E-state index is 0.192. The first-order chi connectivity index (χ1) is 17.8. The Morgan fingerprint density at radius 2 is 1.54 bits per heavy atom. The van der Waals surface area contributed by atoms with Crippen LogP contribution < -0.4 is 5.32 Å². The fourth-order valence-corrected chi connectivity index (χ4v) is 4.14. The molecule has 2 aromatic carbocycles. The van der Waals surface area contributed by atoms with Gasteiger partial charge >= 0.3 is 0 Å². The number of aliphatic hydroxyl groups is 1. The molecule has 0 radical (unpaired) electrons. The minimum Gasteiger partial charge on any atom is -0.400 e. The lowest BCUT2D eigenvalue weighted by molar-refractivity contribution is -0.108. The van der Waals surface area contributed by atoms with E-state index in [2.05, 4.69) is 69.1 Å². The number of carbonyl (C=O) groups is 1. The van der Waals surface area contributed by atoms with Crippen LogP contribution in [-0.4, -0.2) is 34.8 Å². The van der Waals surface area contributed by atoms with Gasteiger partial charge in [0.15, 0.2) is 5.17 Å². The van der Waals surface area contributed by atoms with E-state index in [4.69, 9.17) is 33.7 Å². The van der Waals surface area contributed by atoms with Crippen molar-refractivity contribution in [3.05, 3.63) is 88.9 Å². The van der Waals surface area contributed by atoms with Crippen molar-refractivity contribution in [3.8, 4) is 0 Å². The first-order valence-electron chi connectivity index (χ1n) is 12.0. The Kier molecular flexibility index (Phi) is 32.8. The van der Waals surface area contributed by atoms with E-state index in [1.165, 1.54) is 39.7 Å². The van der Waals surface area contributed by atoms with Gasteiger partial charge < -0.3 is 10.4 Å². The molecule has 8 heteroatoms. The highest BCUT2D eigenvalue weighted by molar-refractivity contribution is 8.14. The molecule has 3 N–H and O–H groups in total. The average molecular weight is 588 g/mol. The van der Waals surface area contributed by atoms with Gasteiger partial charge in [-0.15, -0.1) is 18.3 Å². The lowest BCUT2D eigenvalue weighted by atomic mass is 10.1. The number of hydrogen-bond donors (Lipinski definition) is 3. The number of amides is 1. The molecule has 1 unspecified atom stereocenters. The van der Waals surface area contributed by atoms with Crippen molar-refractivity contribution in [2.45, 2.75) is 64.0 Å². The molecule has 37 heavy (non-hydrogen) atoms. The van der Waals surface area contributed by atoms with E-state index in [9.17, 15) is 4.79 Å². The molecule has 0 fully saturated rings. The summed E-state index contributed by atoms with van der Waals surface area (Å²) in [6, 6.07) is 16.6. The maximum Gasteiger partial charge on any atom is 0.213 e. The van der Waals surface area contributed by atoms with Crippen LogP contribution in [-0.2, 0) is 17.6 Å². The number of thioether (sulfide) groups is 2. The lowest BCUT2D eigenvalue weighted by Crippen LogP contribution is -2.19. The minimum absolute atomic E-state index is 0.192. The van der Waals surface area contributed by atoms with Crippen LogP contribution in [0.1, 0.15) is 52.2 Å². The van der Waals surface area contributed by atoms with Gasteiger partial charge in [0.25, 0.3) is 0 Å². The number of benzene rings is 2. The highest BCUT2D eigenvalue weighted by Gasteiger charge is 2.08. The van der Waals surface area contributed by atoms with Gasteiger partial charge in [0.1, 0.15) is 0 Å². The maximum atomic E-state index is 10.3. The molecule has 4 nitrogen and oxygen atoms in total. The Hall–Kier alpha value is -1.70. The lowest BCUT2D eigenvalue weighted by Gasteiger charge is -2.11. The van der Waals surface area contributed by atoms with Crippen LogP contribution in [0.25, 0.3) is 0 Å². The zero-order chi connectivity index (χ0) is 28.9. The molecule has 0 aliphatic rings. The first-order valence-corrected chi connectivity index (χ1v) is 14.6. The van der Waals surface area contributed by atoms with Crippen LogP contribution in [0.3, 0.4) is 0 Å². The van der Waals surface area contributed by atoms with E-state index in [0.29, 0.717) is 6.41 Å². The summed E-state index contributed by atoms with van der Waals surface area (Å²) in [4.78, 5) is 11.6. The maximum absolute atomic E-state index is 10.3. The van der Waals surface area contributed by atoms with Gasteiger partial charge in [-0.2, -0.15) is 0 Å². The number of carbonyl (C=O) groups excluding carboxylic acids is 1. The summed E-state index contributed by atoms with van der Waals surface area (Å²) in [7, 11) is 1.00. The topological polar surface area (TPSA) is 73.2 Å². The third-order valence-electron chi connectivity index (χ3n) is 3.65. The van der Waals surface area contributed by atoms with E-state index >= 15 is 0 Å². The van der Waals surface area contributed by atoms with Gasteiger partial charge in [0.2, 0.25) is 6.41 Å². The molecular formula is C29H44Cl2N2O2S2. The second-order valence-corrected chi connectivity index (χ2v) is 10.5. The second-order valence-electron chi connectivity index (χ2n) is 7.17. The van der Waals surface area contributed by atoms with Crippen molar-refractivity contribution in [2.24, 2.45) is 0 Å². The van der Waals surface area contributed by atoms with Crippen molar-refractivity contribution < 1.29 is 9.90 Å². The SMILES string of the molecule is C/C=C/Cl.C=CC.CC(Cc1ccc(SCCc2ccc(Cl)cc2)cc1)SC(=N)NC=O.CCC.CO. The number of halogens is 2. The molecule has 0 bridgehead atoms. The summed E-state index contributed by atoms with van der Waals surface area (Å²) in [6.45, 7) is 13.4. The molecule has 0 heterocycles. The van der Waals surface area contributed by atoms with Crippen molar-refractivity contribution in [3.63, 3.8) is 0 Å². The molecule has 1 amide bonds. The molecule has 1 atom stereocenters. The third-order valence-corrected chi connectivity index (χ3v) is 6.09. The van der Waals surface area contributed by atoms with Gasteiger partial charge in [-0.05, 0) is 67.6 Å². The van der Waals surface area contributed by atoms with Crippen molar-refractivity contribution in [1.29, 1.82) is 5.41 Å². The summed E-state index contributed by atoms with van der Waals surface area (Å²) in [5, 5.41) is 18.2. The summed E-state index contributed by atoms with van der Waals surface area (Å²) < 4.78 is 0. The van der Waals surface area contributed by atoms with E-state index in [1.54, 1.807) is 12.2 Å². The fraction of sp³-hybridized carbons (Fsp3) is 0.379. The molecule has 2 rings (SSSR count). The van der Waals surface area contributed by atoms with Crippen LogP contribution in [0.15, 0.2) is 77.7 Å². The monoisotopic (exact) mass is 586 g/mol. The van der Waals surface area contributed by atoms with E-state index < -0.39 is 0 Å². The molecule has 208 valence electrons. The predicted molar refractivity (Wildman–Crippen MR) is 171 cm³/mol. The molecule has 0 saturated carbocycles. The quantitative estimate of drug-likeness (QED) is 0.0948. The number of amidine groups is 1. The molecule has 0 aliphatic heterocycles. The summed E-state index contributed by atoms with van der Waals surface area (Å²) >= 11 is 14.1. The van der Waals surface area contributed by atoms with Crippen molar-refractivity contribution in [1.82, 2.24) is 5.32 Å². The Bertz CT molecular complexity index is 827. The number of hydrogen-bond acceptors (Lipinski definition) is 5. The van der Waals surface area contributed by atoms with Crippen LogP contribution >= 0.6 is 46.7 Å². The standard InChI is InChI=1S/C19H21ClN2OS2.C3H5Cl.C3H8.C3H6.CH4O/c1-14(25-19(21)22-13-23)12-16-4-8-18(9-5-16)24-11-10-15-2-6-17(20)7-3-15;1-2-3-4;2*1-3-2;1-2/h2-9,13-14H,10-12H2,1H3,(H2,21,22,23);2-3H,1H3;3H2,1-2H3;3H,1H2,2H3;2H,1H3/b;3-2+;;;. The van der Waals surface area contributed by atoms with Crippen LogP contribution in [0.2, 0.25) is 5.02 Å². The summed E-state index contributed by atoms with van der Waals surface area (Å²) in [6.07, 6.45) is 7.19. The average Bonchev–Trinajstić information content (AvgIpc) is 2.88. The smallest absolute Gasteiger partial charge is 0.213 e. The predicted octanol–water partition coefficient (Wildman–Crippen LogP) is 9.00. The molecular weight excluding hydrogens is 543 g/mol. The Morgan fingerprint density at radius 1 is 1.08 bits per heavy atom. The Balaban J connectivity index is -0.000000817. The Morgan fingerprint density at radius 3 is 1.97 bits per heavy atom. The largest absolute Gasteiger partial charge is 0.400 e. The summed E-state index contributed by atoms with van der Waals surface area (Å²) in [5.74, 6) is 1.03. The normalized spacial score (nSPS) is 9.97. The van der Waals surface area contributed by atoms with Crippen molar-refractivity contribution in [2.75, 3.05) is 12.9 Å². The van der Waals surface area contributed by atoms with Gasteiger partial charge in [0.05, 0.1) is 0 Å². The van der Waals surface area contributed by atoms with Crippen LogP contribution in [0, 0.1) is 5.41 Å². The van der Waals surface area contributed by atoms with Crippen molar-refractivity contribution >= 4 is 58.3 Å². The van der Waals surface area contributed by atoms with E-state index in [0.717, 1.165) is 30.7 Å². The molecule has 0 aromatic heterocycles. The number of allylic oxidation sites excluding steroid dienone is 2. The van der Waals surface area contributed by atoms with Gasteiger partial charge in [-0.3, -0.25) is 10.2 Å². The highest BCUT2D eigenvalue weighted by atomic mass is 35.5. The first kappa shape index (κ1) is 39.8. The van der Waals surface area contributed by atoms with Gasteiger partial charge in [-0.25, -0.2) is 0 Å². The zero-order valence-electron chi connectivity index (χ0n) is 23.0. The van der Waals surface area contributed by atoms with E-state index in [-0.39, 0.29) is 10.4 Å². The number of aliphatic hydroxyl groups excluding tert-OH is 1. The second kappa shape index (κ2) is 30.5. The van der Waals surface area contributed by atoms with Gasteiger partial charge in [-0.1, -0.05) is 98.6 Å². The molecule has 0 saturated heterocycles. The fourth-order valence-electron chi connectivity index (χ4n) is 2.32.